The summed E-state index contributed by atoms with van der Waals surface area (Å²) in [4.78, 5) is 26.1. The second kappa shape index (κ2) is 13.3. The molecule has 3 aromatic carbocycles. The fourth-order valence-electron chi connectivity index (χ4n) is 3.07. The van der Waals surface area contributed by atoms with Crippen LogP contribution in [0.3, 0.4) is 0 Å². The number of carbonyl (C=O) groups excluding carboxylic acids is 2. The molecule has 0 unspecified atom stereocenters. The van der Waals surface area contributed by atoms with Gasteiger partial charge in [-0.2, -0.15) is 0 Å². The lowest BCUT2D eigenvalue weighted by Crippen LogP contribution is -2.31. The van der Waals surface area contributed by atoms with Crippen molar-refractivity contribution in [2.24, 2.45) is 0 Å². The Morgan fingerprint density at radius 2 is 1.00 bits per heavy atom. The van der Waals surface area contributed by atoms with Gasteiger partial charge in [-0.05, 0) is 35.4 Å². The maximum atomic E-state index is 12.0. The van der Waals surface area contributed by atoms with E-state index in [0.29, 0.717) is 13.1 Å². The molecular formula is C28H27NO4. The Kier molecular flexibility index (Phi) is 9.51. The van der Waals surface area contributed by atoms with Crippen molar-refractivity contribution >= 4 is 29.8 Å². The van der Waals surface area contributed by atoms with Crippen LogP contribution in [0.15, 0.2) is 103 Å². The van der Waals surface area contributed by atoms with E-state index >= 15 is 0 Å². The van der Waals surface area contributed by atoms with Crippen LogP contribution < -0.4 is 4.90 Å². The molecule has 0 aromatic heterocycles. The molecule has 0 heterocycles. The van der Waals surface area contributed by atoms with E-state index in [1.807, 2.05) is 95.9 Å². The van der Waals surface area contributed by atoms with E-state index in [9.17, 15) is 9.59 Å². The summed E-state index contributed by atoms with van der Waals surface area (Å²) in [7, 11) is 0. The molecular weight excluding hydrogens is 414 g/mol. The van der Waals surface area contributed by atoms with Gasteiger partial charge in [0.2, 0.25) is 0 Å². The number of hydrogen-bond acceptors (Lipinski definition) is 5. The molecule has 0 aliphatic heterocycles. The molecule has 5 heteroatoms. The lowest BCUT2D eigenvalue weighted by atomic mass is 10.2. The number of nitrogens with zero attached hydrogens (tertiary/aromatic N) is 1. The highest BCUT2D eigenvalue weighted by Gasteiger charge is 2.09. The van der Waals surface area contributed by atoms with E-state index in [4.69, 9.17) is 9.47 Å². The third kappa shape index (κ3) is 8.87. The monoisotopic (exact) mass is 441 g/mol. The first kappa shape index (κ1) is 23.5. The molecule has 0 atom stereocenters. The topological polar surface area (TPSA) is 55.8 Å². The predicted molar refractivity (Wildman–Crippen MR) is 132 cm³/mol. The molecule has 168 valence electrons. The zero-order valence-corrected chi connectivity index (χ0v) is 18.4. The van der Waals surface area contributed by atoms with Crippen LogP contribution in [0.5, 0.6) is 0 Å². The lowest BCUT2D eigenvalue weighted by Gasteiger charge is -2.24. The van der Waals surface area contributed by atoms with Crippen LogP contribution in [0.1, 0.15) is 11.1 Å². The highest BCUT2D eigenvalue weighted by molar-refractivity contribution is 5.87. The smallest absolute Gasteiger partial charge is 0.330 e. The Bertz CT molecular complexity index is 980. The third-order valence-corrected chi connectivity index (χ3v) is 4.76. The van der Waals surface area contributed by atoms with Gasteiger partial charge in [-0.15, -0.1) is 0 Å². The minimum Gasteiger partial charge on any atom is -0.461 e. The quantitative estimate of drug-likeness (QED) is 0.309. The summed E-state index contributed by atoms with van der Waals surface area (Å²) in [6, 6.07) is 28.9. The normalized spacial score (nSPS) is 10.9. The molecule has 0 fully saturated rings. The van der Waals surface area contributed by atoms with Gasteiger partial charge < -0.3 is 14.4 Å². The Morgan fingerprint density at radius 1 is 0.606 bits per heavy atom. The van der Waals surface area contributed by atoms with Gasteiger partial charge in [0, 0.05) is 17.8 Å². The number of anilines is 1. The number of ether oxygens (including phenoxy) is 2. The van der Waals surface area contributed by atoms with E-state index in [1.54, 1.807) is 12.2 Å². The second-order valence-corrected chi connectivity index (χ2v) is 7.15. The summed E-state index contributed by atoms with van der Waals surface area (Å²) in [6.07, 6.45) is 6.28. The zero-order chi connectivity index (χ0) is 23.1. The summed E-state index contributed by atoms with van der Waals surface area (Å²) in [5.41, 5.74) is 2.83. The number of rotatable bonds is 11. The van der Waals surface area contributed by atoms with Crippen LogP contribution >= 0.6 is 0 Å². The molecule has 0 aliphatic carbocycles. The molecule has 0 spiro atoms. The third-order valence-electron chi connectivity index (χ3n) is 4.76. The van der Waals surface area contributed by atoms with Gasteiger partial charge in [-0.1, -0.05) is 78.9 Å². The van der Waals surface area contributed by atoms with Crippen molar-refractivity contribution in [1.82, 2.24) is 0 Å². The van der Waals surface area contributed by atoms with Crippen LogP contribution in [-0.2, 0) is 19.1 Å². The molecule has 5 nitrogen and oxygen atoms in total. The Labute approximate surface area is 194 Å². The lowest BCUT2D eigenvalue weighted by molar-refractivity contribution is -0.137. The van der Waals surface area contributed by atoms with E-state index < -0.39 is 11.9 Å². The van der Waals surface area contributed by atoms with Gasteiger partial charge in [-0.25, -0.2) is 9.59 Å². The van der Waals surface area contributed by atoms with Crippen LogP contribution in [0, 0.1) is 0 Å². The van der Waals surface area contributed by atoms with Crippen LogP contribution in [0.4, 0.5) is 5.69 Å². The SMILES string of the molecule is O=C(C=Cc1ccccc1)OCCN(CCOC(=O)C=Cc1ccccc1)c1ccccc1. The summed E-state index contributed by atoms with van der Waals surface area (Å²) < 4.78 is 10.7. The fourth-order valence-corrected chi connectivity index (χ4v) is 3.07. The maximum absolute atomic E-state index is 12.0. The van der Waals surface area contributed by atoms with Crippen molar-refractivity contribution in [3.8, 4) is 0 Å². The fraction of sp³-hybridized carbons (Fsp3) is 0.143. The Morgan fingerprint density at radius 3 is 1.42 bits per heavy atom. The molecule has 0 radical (unpaired) electrons. The van der Waals surface area contributed by atoms with E-state index in [-0.39, 0.29) is 13.2 Å². The summed E-state index contributed by atoms with van der Waals surface area (Å²) in [5, 5.41) is 0. The van der Waals surface area contributed by atoms with Crippen molar-refractivity contribution in [3.05, 3.63) is 114 Å². The first-order valence-electron chi connectivity index (χ1n) is 10.8. The summed E-state index contributed by atoms with van der Waals surface area (Å²) in [6.45, 7) is 1.39. The number of benzene rings is 3. The van der Waals surface area contributed by atoms with Crippen LogP contribution in [0.2, 0.25) is 0 Å². The molecule has 0 amide bonds. The van der Waals surface area contributed by atoms with Crippen molar-refractivity contribution in [1.29, 1.82) is 0 Å². The first-order chi connectivity index (χ1) is 16.2. The van der Waals surface area contributed by atoms with Crippen molar-refractivity contribution < 1.29 is 19.1 Å². The van der Waals surface area contributed by atoms with Crippen LogP contribution in [-0.4, -0.2) is 38.2 Å². The van der Waals surface area contributed by atoms with Gasteiger partial charge in [-0.3, -0.25) is 0 Å². The Balaban J connectivity index is 1.46. The molecule has 0 bridgehead atoms. The molecule has 3 aromatic rings. The first-order valence-corrected chi connectivity index (χ1v) is 10.8. The molecule has 0 N–H and O–H groups in total. The number of esters is 2. The minimum atomic E-state index is -0.399. The van der Waals surface area contributed by atoms with Gasteiger partial charge in [0.1, 0.15) is 13.2 Å². The number of para-hydroxylation sites is 1. The van der Waals surface area contributed by atoms with Gasteiger partial charge in [0.25, 0.3) is 0 Å². The van der Waals surface area contributed by atoms with Crippen molar-refractivity contribution in [3.63, 3.8) is 0 Å². The average Bonchev–Trinajstić information content (AvgIpc) is 2.87. The van der Waals surface area contributed by atoms with Gasteiger partial charge in [0.05, 0.1) is 13.1 Å². The Hall–Kier alpha value is -4.12. The molecule has 0 saturated heterocycles. The van der Waals surface area contributed by atoms with E-state index in [1.165, 1.54) is 12.2 Å². The zero-order valence-electron chi connectivity index (χ0n) is 18.4. The van der Waals surface area contributed by atoms with Crippen LogP contribution in [0.25, 0.3) is 12.2 Å². The number of carbonyl (C=O) groups is 2. The maximum Gasteiger partial charge on any atom is 0.330 e. The summed E-state index contributed by atoms with van der Waals surface area (Å²) >= 11 is 0. The van der Waals surface area contributed by atoms with Crippen molar-refractivity contribution in [2.75, 3.05) is 31.2 Å². The molecule has 33 heavy (non-hydrogen) atoms. The summed E-state index contributed by atoms with van der Waals surface area (Å²) in [5.74, 6) is -0.798. The number of hydrogen-bond donors (Lipinski definition) is 0. The minimum absolute atomic E-state index is 0.217. The molecule has 3 rings (SSSR count). The standard InChI is InChI=1S/C28H27NO4/c30-27(18-16-24-10-4-1-5-11-24)32-22-20-29(26-14-8-3-9-15-26)21-23-33-28(31)19-17-25-12-6-2-7-13-25/h1-19H,20-23H2. The average molecular weight is 442 g/mol. The highest BCUT2D eigenvalue weighted by Crippen LogP contribution is 2.13. The van der Waals surface area contributed by atoms with Gasteiger partial charge in [0.15, 0.2) is 0 Å². The molecule has 0 aliphatic rings. The predicted octanol–water partition coefficient (Wildman–Crippen LogP) is 5.01. The van der Waals surface area contributed by atoms with E-state index in [0.717, 1.165) is 16.8 Å². The second-order valence-electron chi connectivity index (χ2n) is 7.15. The van der Waals surface area contributed by atoms with Crippen molar-refractivity contribution in [2.45, 2.75) is 0 Å². The van der Waals surface area contributed by atoms with Gasteiger partial charge >= 0.3 is 11.9 Å². The highest BCUT2D eigenvalue weighted by atomic mass is 16.5. The molecule has 0 saturated carbocycles. The largest absolute Gasteiger partial charge is 0.461 e. The van der Waals surface area contributed by atoms with E-state index in [2.05, 4.69) is 0 Å².